The molecule has 0 bridgehead atoms. The topological polar surface area (TPSA) is 84.7 Å². The summed E-state index contributed by atoms with van der Waals surface area (Å²) in [5.74, 6) is 0.00228. The molecule has 0 aliphatic heterocycles. The van der Waals surface area contributed by atoms with Gasteiger partial charge >= 0.3 is 0 Å². The first-order valence-electron chi connectivity index (χ1n) is 10.1. The van der Waals surface area contributed by atoms with E-state index in [1.807, 2.05) is 44.3 Å². The van der Waals surface area contributed by atoms with E-state index in [-0.39, 0.29) is 17.8 Å². The molecule has 0 fully saturated rings. The summed E-state index contributed by atoms with van der Waals surface area (Å²) in [7, 11) is 0. The van der Waals surface area contributed by atoms with Gasteiger partial charge in [-0.05, 0) is 62.2 Å². The molecule has 0 spiro atoms. The van der Waals surface area contributed by atoms with Crippen molar-refractivity contribution in [1.82, 2.24) is 19.7 Å². The third kappa shape index (κ3) is 4.53. The van der Waals surface area contributed by atoms with E-state index < -0.39 is 0 Å². The first-order valence-corrected chi connectivity index (χ1v) is 10.1. The zero-order valence-electron chi connectivity index (χ0n) is 17.6. The fraction of sp³-hybridized carbons (Fsp3) is 0.217. The average molecular weight is 418 g/mol. The maximum atomic E-state index is 13.5. The number of amides is 1. The molecule has 2 aromatic heterocycles. The van der Waals surface area contributed by atoms with Crippen LogP contribution in [0.15, 0.2) is 54.9 Å². The Morgan fingerprint density at radius 2 is 2.06 bits per heavy atom. The van der Waals surface area contributed by atoms with Crippen LogP contribution in [-0.4, -0.2) is 25.7 Å². The third-order valence-corrected chi connectivity index (χ3v) is 5.03. The molecule has 31 heavy (non-hydrogen) atoms. The number of aromatic nitrogens is 4. The van der Waals surface area contributed by atoms with Gasteiger partial charge in [-0.2, -0.15) is 5.10 Å². The van der Waals surface area contributed by atoms with E-state index in [0.717, 1.165) is 17.6 Å². The van der Waals surface area contributed by atoms with Gasteiger partial charge in [-0.15, -0.1) is 0 Å². The number of hydrogen-bond acceptors (Lipinski definition) is 5. The number of halogens is 1. The van der Waals surface area contributed by atoms with Gasteiger partial charge in [0.2, 0.25) is 5.65 Å². The summed E-state index contributed by atoms with van der Waals surface area (Å²) in [5, 5.41) is 10.6. The van der Waals surface area contributed by atoms with Gasteiger partial charge in [-0.3, -0.25) is 9.48 Å². The predicted octanol–water partition coefficient (Wildman–Crippen LogP) is 4.72. The lowest BCUT2D eigenvalue weighted by Gasteiger charge is -2.16. The number of rotatable bonds is 6. The quantitative estimate of drug-likeness (QED) is 0.473. The monoisotopic (exact) mass is 418 g/mol. The number of fused-ring (bicyclic) bond motifs is 1. The van der Waals surface area contributed by atoms with Crippen LogP contribution in [0.1, 0.15) is 41.4 Å². The molecule has 4 aromatic rings. The highest BCUT2D eigenvalue weighted by molar-refractivity contribution is 6.04. The minimum absolute atomic E-state index is 0.0788. The first-order chi connectivity index (χ1) is 14.9. The highest BCUT2D eigenvalue weighted by Crippen LogP contribution is 2.22. The molecule has 0 unspecified atom stereocenters. The Balaban J connectivity index is 1.48. The number of nitrogens with zero attached hydrogens (tertiary/aromatic N) is 4. The van der Waals surface area contributed by atoms with Gasteiger partial charge in [-0.1, -0.05) is 12.1 Å². The van der Waals surface area contributed by atoms with Crippen molar-refractivity contribution >= 4 is 28.6 Å². The van der Waals surface area contributed by atoms with Gasteiger partial charge in [-0.25, -0.2) is 14.4 Å². The van der Waals surface area contributed by atoms with Gasteiger partial charge in [0.25, 0.3) is 5.91 Å². The maximum Gasteiger partial charge on any atom is 0.255 e. The molecule has 8 heteroatoms. The number of nitrogens with one attached hydrogen (secondary N) is 2. The fourth-order valence-electron chi connectivity index (χ4n) is 3.26. The van der Waals surface area contributed by atoms with E-state index in [9.17, 15) is 9.18 Å². The van der Waals surface area contributed by atoms with E-state index in [0.29, 0.717) is 28.3 Å². The lowest BCUT2D eigenvalue weighted by molar-refractivity contribution is 0.102. The molecule has 158 valence electrons. The van der Waals surface area contributed by atoms with Crippen molar-refractivity contribution < 1.29 is 9.18 Å². The maximum absolute atomic E-state index is 13.5. The van der Waals surface area contributed by atoms with Gasteiger partial charge in [0.05, 0.1) is 18.4 Å². The second-order valence-electron chi connectivity index (χ2n) is 7.36. The SMILES string of the molecule is CCn1cc2ncc(N[C@@H](C)c3cccc(NC(=O)c4ccc(F)c(C)c4)c3)nc2n1. The summed E-state index contributed by atoms with van der Waals surface area (Å²) in [6.07, 6.45) is 3.55. The molecule has 2 aromatic carbocycles. The van der Waals surface area contributed by atoms with Gasteiger partial charge < -0.3 is 10.6 Å². The zero-order chi connectivity index (χ0) is 22.0. The smallest absolute Gasteiger partial charge is 0.255 e. The second kappa shape index (κ2) is 8.51. The molecular weight excluding hydrogens is 395 g/mol. The fourth-order valence-corrected chi connectivity index (χ4v) is 3.26. The lowest BCUT2D eigenvalue weighted by atomic mass is 10.1. The molecule has 0 aliphatic carbocycles. The van der Waals surface area contributed by atoms with E-state index in [1.165, 1.54) is 18.2 Å². The zero-order valence-corrected chi connectivity index (χ0v) is 17.6. The van der Waals surface area contributed by atoms with Crippen molar-refractivity contribution in [3.63, 3.8) is 0 Å². The van der Waals surface area contributed by atoms with Crippen LogP contribution in [0.25, 0.3) is 11.2 Å². The van der Waals surface area contributed by atoms with Gasteiger partial charge in [0.15, 0.2) is 0 Å². The van der Waals surface area contributed by atoms with E-state index in [4.69, 9.17) is 0 Å². The molecular formula is C23H23FN6O. The largest absolute Gasteiger partial charge is 0.362 e. The molecule has 1 amide bonds. The standard InChI is InChI=1S/C23H23FN6O/c1-4-30-13-20-22(29-30)28-21(12-25-20)26-15(3)16-6-5-7-18(11-16)27-23(31)17-8-9-19(24)14(2)10-17/h5-13,15H,4H2,1-3H3,(H,27,31)(H,26,28,29)/t15-/m0/s1. The van der Waals surface area contributed by atoms with Crippen molar-refractivity contribution in [1.29, 1.82) is 0 Å². The van der Waals surface area contributed by atoms with E-state index in [2.05, 4.69) is 25.7 Å². The molecule has 2 N–H and O–H groups in total. The van der Waals surface area contributed by atoms with Gasteiger partial charge in [0.1, 0.15) is 17.2 Å². The second-order valence-corrected chi connectivity index (χ2v) is 7.36. The molecule has 0 aliphatic rings. The summed E-state index contributed by atoms with van der Waals surface area (Å²) in [4.78, 5) is 21.5. The molecule has 1 atom stereocenters. The van der Waals surface area contributed by atoms with Crippen molar-refractivity contribution in [3.05, 3.63) is 77.4 Å². The minimum atomic E-state index is -0.332. The van der Waals surface area contributed by atoms with Crippen LogP contribution in [0.2, 0.25) is 0 Å². The van der Waals surface area contributed by atoms with E-state index in [1.54, 1.807) is 17.8 Å². The van der Waals surface area contributed by atoms with Crippen molar-refractivity contribution in [2.45, 2.75) is 33.4 Å². The Bertz CT molecular complexity index is 1250. The van der Waals surface area contributed by atoms with Crippen molar-refractivity contribution in [2.24, 2.45) is 0 Å². The van der Waals surface area contributed by atoms with Crippen LogP contribution >= 0.6 is 0 Å². The lowest BCUT2D eigenvalue weighted by Crippen LogP contribution is -2.13. The normalized spacial score (nSPS) is 12.0. The number of carbonyl (C=O) groups excluding carboxylic acids is 1. The molecule has 0 saturated heterocycles. The Labute approximate surface area is 179 Å². The van der Waals surface area contributed by atoms with Crippen molar-refractivity contribution in [2.75, 3.05) is 10.6 Å². The van der Waals surface area contributed by atoms with Crippen LogP contribution in [0.3, 0.4) is 0 Å². The highest BCUT2D eigenvalue weighted by atomic mass is 19.1. The summed E-state index contributed by atoms with van der Waals surface area (Å²) >= 11 is 0. The van der Waals surface area contributed by atoms with E-state index >= 15 is 0 Å². The Morgan fingerprint density at radius 3 is 2.84 bits per heavy atom. The predicted molar refractivity (Wildman–Crippen MR) is 119 cm³/mol. The number of carbonyl (C=O) groups is 1. The molecule has 4 rings (SSSR count). The van der Waals surface area contributed by atoms with Gasteiger partial charge in [0, 0.05) is 17.8 Å². The first kappa shape index (κ1) is 20.5. The summed E-state index contributed by atoms with van der Waals surface area (Å²) in [5.41, 5.74) is 3.80. The van der Waals surface area contributed by atoms with Crippen LogP contribution in [0, 0.1) is 12.7 Å². The average Bonchev–Trinajstić information content (AvgIpc) is 3.18. The molecule has 0 radical (unpaired) electrons. The highest BCUT2D eigenvalue weighted by Gasteiger charge is 2.12. The summed E-state index contributed by atoms with van der Waals surface area (Å²) in [6, 6.07) is 11.8. The number of benzene rings is 2. The summed E-state index contributed by atoms with van der Waals surface area (Å²) in [6.45, 7) is 6.40. The molecule has 2 heterocycles. The van der Waals surface area contributed by atoms with Crippen LogP contribution in [-0.2, 0) is 6.54 Å². The number of hydrogen-bond donors (Lipinski definition) is 2. The third-order valence-electron chi connectivity index (χ3n) is 5.03. The summed E-state index contributed by atoms with van der Waals surface area (Å²) < 4.78 is 15.3. The van der Waals surface area contributed by atoms with Crippen LogP contribution in [0.4, 0.5) is 15.9 Å². The Hall–Kier alpha value is -3.81. The Morgan fingerprint density at radius 1 is 1.23 bits per heavy atom. The molecule has 0 saturated carbocycles. The van der Waals surface area contributed by atoms with Crippen LogP contribution in [0.5, 0.6) is 0 Å². The van der Waals surface area contributed by atoms with Crippen molar-refractivity contribution in [3.8, 4) is 0 Å². The Kier molecular flexibility index (Phi) is 5.62. The number of aryl methyl sites for hydroxylation is 2. The number of anilines is 2. The molecule has 7 nitrogen and oxygen atoms in total. The minimum Gasteiger partial charge on any atom is -0.362 e. The van der Waals surface area contributed by atoms with Crippen LogP contribution < -0.4 is 10.6 Å².